The molecule has 0 amide bonds. The summed E-state index contributed by atoms with van der Waals surface area (Å²) in [5, 5.41) is 4.79. The van der Waals surface area contributed by atoms with Crippen molar-refractivity contribution in [1.29, 1.82) is 0 Å². The molecule has 114 valence electrons. The molecule has 0 spiro atoms. The van der Waals surface area contributed by atoms with Crippen LogP contribution in [0.15, 0.2) is 23.1 Å². The Morgan fingerprint density at radius 2 is 1.85 bits per heavy atom. The molecule has 20 heavy (non-hydrogen) atoms. The maximum atomic E-state index is 13.4. The Hall–Kier alpha value is -1.39. The van der Waals surface area contributed by atoms with Crippen LogP contribution in [0.5, 0.6) is 5.75 Å². The number of sulfonamides is 1. The topological polar surface area (TPSA) is 78.6 Å². The molecular formula is C10H11F4NO4S. The molecule has 0 atom stereocenters. The zero-order chi connectivity index (χ0) is 15.4. The van der Waals surface area contributed by atoms with Gasteiger partial charge in [-0.1, -0.05) is 0 Å². The molecular weight excluding hydrogens is 306 g/mol. The maximum Gasteiger partial charge on any atom is 0.411 e. The minimum atomic E-state index is -4.44. The molecule has 0 unspecified atom stereocenters. The average molecular weight is 317 g/mol. The summed E-state index contributed by atoms with van der Waals surface area (Å²) < 4.78 is 79.5. The second-order valence-electron chi connectivity index (χ2n) is 3.65. The Labute approximate surface area is 112 Å². The van der Waals surface area contributed by atoms with Gasteiger partial charge < -0.3 is 9.47 Å². The second-order valence-corrected chi connectivity index (χ2v) is 5.21. The number of nitrogens with two attached hydrogens (primary N) is 1. The van der Waals surface area contributed by atoms with Crippen LogP contribution in [0.4, 0.5) is 17.6 Å². The average Bonchev–Trinajstić information content (AvgIpc) is 2.27. The van der Waals surface area contributed by atoms with E-state index in [1.54, 1.807) is 0 Å². The molecule has 5 nitrogen and oxygen atoms in total. The fourth-order valence-electron chi connectivity index (χ4n) is 1.17. The lowest BCUT2D eigenvalue weighted by Gasteiger charge is -2.10. The van der Waals surface area contributed by atoms with Gasteiger partial charge in [-0.15, -0.1) is 0 Å². The lowest BCUT2D eigenvalue weighted by molar-refractivity contribution is -0.175. The first-order chi connectivity index (χ1) is 9.09. The van der Waals surface area contributed by atoms with Gasteiger partial charge in [-0.25, -0.2) is 17.9 Å². The van der Waals surface area contributed by atoms with Crippen molar-refractivity contribution in [3.63, 3.8) is 0 Å². The summed E-state index contributed by atoms with van der Waals surface area (Å²) >= 11 is 0. The zero-order valence-corrected chi connectivity index (χ0v) is 10.8. The monoisotopic (exact) mass is 317 g/mol. The van der Waals surface area contributed by atoms with Gasteiger partial charge in [-0.05, 0) is 18.2 Å². The van der Waals surface area contributed by atoms with Crippen LogP contribution < -0.4 is 9.88 Å². The van der Waals surface area contributed by atoms with Crippen LogP contribution in [0.1, 0.15) is 0 Å². The first-order valence-corrected chi connectivity index (χ1v) is 6.74. The molecule has 1 aromatic rings. The van der Waals surface area contributed by atoms with Crippen LogP contribution in [0, 0.1) is 5.82 Å². The number of benzene rings is 1. The van der Waals surface area contributed by atoms with E-state index in [9.17, 15) is 26.0 Å². The van der Waals surface area contributed by atoms with Gasteiger partial charge in [0, 0.05) is 0 Å². The van der Waals surface area contributed by atoms with Crippen molar-refractivity contribution in [3.05, 3.63) is 24.0 Å². The Balaban J connectivity index is 2.50. The normalized spacial score (nSPS) is 12.4. The minimum absolute atomic E-state index is 0.312. The van der Waals surface area contributed by atoms with Crippen molar-refractivity contribution in [2.75, 3.05) is 19.8 Å². The Morgan fingerprint density at radius 1 is 1.20 bits per heavy atom. The molecule has 0 heterocycles. The summed E-state index contributed by atoms with van der Waals surface area (Å²) in [6.07, 6.45) is -4.44. The molecule has 0 aliphatic rings. The predicted octanol–water partition coefficient (Wildman–Crippen LogP) is 1.43. The summed E-state index contributed by atoms with van der Waals surface area (Å²) in [6.45, 7) is -2.14. The molecule has 0 saturated heterocycles. The van der Waals surface area contributed by atoms with E-state index < -0.39 is 40.1 Å². The highest BCUT2D eigenvalue weighted by molar-refractivity contribution is 7.89. The van der Waals surface area contributed by atoms with Gasteiger partial charge in [0.1, 0.15) is 13.2 Å². The third-order valence-corrected chi connectivity index (χ3v) is 2.89. The number of rotatable bonds is 6. The van der Waals surface area contributed by atoms with E-state index in [0.29, 0.717) is 6.07 Å². The number of halogens is 4. The van der Waals surface area contributed by atoms with Crippen molar-refractivity contribution in [2.45, 2.75) is 11.1 Å². The summed E-state index contributed by atoms with van der Waals surface area (Å²) in [7, 11) is -4.03. The molecule has 0 radical (unpaired) electrons. The molecule has 0 aliphatic heterocycles. The Bertz CT molecular complexity index is 559. The number of hydrogen-bond donors (Lipinski definition) is 1. The van der Waals surface area contributed by atoms with Gasteiger partial charge in [0.25, 0.3) is 0 Å². The van der Waals surface area contributed by atoms with Crippen LogP contribution in [0.2, 0.25) is 0 Å². The van der Waals surface area contributed by atoms with Crippen molar-refractivity contribution < 1.29 is 35.5 Å². The molecule has 2 N–H and O–H groups in total. The lowest BCUT2D eigenvalue weighted by Crippen LogP contribution is -2.19. The fourth-order valence-corrected chi connectivity index (χ4v) is 1.70. The lowest BCUT2D eigenvalue weighted by atomic mass is 10.3. The van der Waals surface area contributed by atoms with E-state index in [2.05, 4.69) is 4.74 Å². The van der Waals surface area contributed by atoms with E-state index in [-0.39, 0.29) is 12.4 Å². The van der Waals surface area contributed by atoms with E-state index in [4.69, 9.17) is 9.88 Å². The van der Waals surface area contributed by atoms with Gasteiger partial charge in [0.2, 0.25) is 10.0 Å². The minimum Gasteiger partial charge on any atom is -0.488 e. The molecule has 0 aromatic heterocycles. The van der Waals surface area contributed by atoms with Gasteiger partial charge >= 0.3 is 6.18 Å². The van der Waals surface area contributed by atoms with Gasteiger partial charge in [0.15, 0.2) is 11.6 Å². The van der Waals surface area contributed by atoms with Gasteiger partial charge in [-0.2, -0.15) is 13.2 Å². The van der Waals surface area contributed by atoms with Crippen LogP contribution in [-0.4, -0.2) is 34.4 Å². The predicted molar refractivity (Wildman–Crippen MR) is 60.1 cm³/mol. The van der Waals surface area contributed by atoms with Crippen molar-refractivity contribution >= 4 is 10.0 Å². The summed E-state index contributed by atoms with van der Waals surface area (Å²) in [4.78, 5) is -0.435. The number of ether oxygens (including phenoxy) is 2. The smallest absolute Gasteiger partial charge is 0.411 e. The number of hydrogen-bond acceptors (Lipinski definition) is 4. The number of alkyl halides is 3. The van der Waals surface area contributed by atoms with Crippen LogP contribution >= 0.6 is 0 Å². The quantitative estimate of drug-likeness (QED) is 0.636. The van der Waals surface area contributed by atoms with E-state index >= 15 is 0 Å². The zero-order valence-electron chi connectivity index (χ0n) is 9.98. The van der Waals surface area contributed by atoms with Crippen molar-refractivity contribution in [1.82, 2.24) is 0 Å². The molecule has 0 bridgehead atoms. The summed E-state index contributed by atoms with van der Waals surface area (Å²) in [6, 6.07) is 2.68. The van der Waals surface area contributed by atoms with E-state index in [1.165, 1.54) is 0 Å². The molecule has 1 rings (SSSR count). The summed E-state index contributed by atoms with van der Waals surface area (Å²) in [5.74, 6) is -1.31. The largest absolute Gasteiger partial charge is 0.488 e. The highest BCUT2D eigenvalue weighted by Crippen LogP contribution is 2.20. The SMILES string of the molecule is NS(=O)(=O)c1ccc(OCCOCC(F)(F)F)c(F)c1. The van der Waals surface area contributed by atoms with Crippen LogP contribution in [-0.2, 0) is 14.8 Å². The fraction of sp³-hybridized carbons (Fsp3) is 0.400. The van der Waals surface area contributed by atoms with Crippen molar-refractivity contribution in [3.8, 4) is 5.75 Å². The highest BCUT2D eigenvalue weighted by atomic mass is 32.2. The Kier molecular flexibility index (Phi) is 5.31. The summed E-state index contributed by atoms with van der Waals surface area (Å²) in [5.41, 5.74) is 0. The van der Waals surface area contributed by atoms with E-state index in [1.807, 2.05) is 0 Å². The first kappa shape index (κ1) is 16.7. The Morgan fingerprint density at radius 3 is 2.35 bits per heavy atom. The highest BCUT2D eigenvalue weighted by Gasteiger charge is 2.27. The molecule has 1 aromatic carbocycles. The second kappa shape index (κ2) is 6.37. The van der Waals surface area contributed by atoms with E-state index in [0.717, 1.165) is 12.1 Å². The first-order valence-electron chi connectivity index (χ1n) is 5.19. The van der Waals surface area contributed by atoms with Crippen LogP contribution in [0.3, 0.4) is 0 Å². The molecule has 0 fully saturated rings. The number of primary sulfonamides is 1. The molecule has 10 heteroatoms. The third kappa shape index (κ3) is 5.72. The molecule has 0 saturated carbocycles. The maximum absolute atomic E-state index is 13.4. The third-order valence-electron chi connectivity index (χ3n) is 1.98. The van der Waals surface area contributed by atoms with Gasteiger partial charge in [-0.3, -0.25) is 0 Å². The standard InChI is InChI=1S/C10H11F4NO4S/c11-8-5-7(20(15,16)17)1-2-9(8)19-4-3-18-6-10(12,13)14/h1-2,5H,3-4,6H2,(H2,15,16,17). The van der Waals surface area contributed by atoms with Crippen molar-refractivity contribution in [2.24, 2.45) is 5.14 Å². The van der Waals surface area contributed by atoms with Gasteiger partial charge in [0.05, 0.1) is 11.5 Å². The van der Waals surface area contributed by atoms with Crippen LogP contribution in [0.25, 0.3) is 0 Å². The molecule has 0 aliphatic carbocycles.